The molecule has 0 aromatic heterocycles. The van der Waals surface area contributed by atoms with E-state index in [2.05, 4.69) is 4.72 Å². The minimum absolute atomic E-state index is 0.0524. The van der Waals surface area contributed by atoms with Crippen molar-refractivity contribution >= 4 is 15.9 Å². The Labute approximate surface area is 148 Å². The molecule has 1 N–H and O–H groups in total. The van der Waals surface area contributed by atoms with Gasteiger partial charge in [0.15, 0.2) is 0 Å². The number of nitrogens with zero attached hydrogens (tertiary/aromatic N) is 1. The van der Waals surface area contributed by atoms with Gasteiger partial charge in [0.1, 0.15) is 5.82 Å². The number of hydrogen-bond donors (Lipinski definition) is 1. The van der Waals surface area contributed by atoms with E-state index < -0.39 is 15.4 Å². The van der Waals surface area contributed by atoms with Crippen LogP contribution in [0.1, 0.15) is 44.1 Å². The molecular formula is C18H25FN2O3S. The van der Waals surface area contributed by atoms with Crippen LogP contribution < -0.4 is 4.72 Å². The molecule has 1 aromatic carbocycles. The van der Waals surface area contributed by atoms with Crippen LogP contribution in [0.4, 0.5) is 4.39 Å². The first kappa shape index (κ1) is 18.3. The van der Waals surface area contributed by atoms with Crippen molar-refractivity contribution in [3.05, 3.63) is 35.6 Å². The quantitative estimate of drug-likeness (QED) is 0.886. The lowest BCUT2D eigenvalue weighted by atomic mass is 9.77. The fraction of sp³-hybridized carbons (Fsp3) is 0.611. The first-order chi connectivity index (χ1) is 11.8. The van der Waals surface area contributed by atoms with Crippen molar-refractivity contribution in [2.45, 2.75) is 50.0 Å². The molecule has 0 spiro atoms. The molecule has 1 aliphatic carbocycles. The number of halogens is 1. The molecule has 1 saturated carbocycles. The van der Waals surface area contributed by atoms with E-state index in [9.17, 15) is 17.6 Å². The number of sulfonamides is 1. The minimum Gasteiger partial charge on any atom is -0.340 e. The highest BCUT2D eigenvalue weighted by Gasteiger charge is 2.45. The zero-order valence-electron chi connectivity index (χ0n) is 14.5. The van der Waals surface area contributed by atoms with Crippen molar-refractivity contribution in [1.29, 1.82) is 0 Å². The number of amides is 1. The largest absolute Gasteiger partial charge is 0.340 e. The van der Waals surface area contributed by atoms with Gasteiger partial charge in [-0.15, -0.1) is 0 Å². The summed E-state index contributed by atoms with van der Waals surface area (Å²) in [4.78, 5) is 15.2. The van der Waals surface area contributed by atoms with E-state index in [0.717, 1.165) is 50.3 Å². The Kier molecular flexibility index (Phi) is 5.16. The van der Waals surface area contributed by atoms with E-state index in [1.54, 1.807) is 17.0 Å². The summed E-state index contributed by atoms with van der Waals surface area (Å²) in [5, 5.41) is 0. The second-order valence-corrected chi connectivity index (χ2v) is 9.06. The van der Waals surface area contributed by atoms with E-state index in [-0.39, 0.29) is 17.8 Å². The molecule has 0 unspecified atom stereocenters. The molecule has 1 amide bonds. The maximum atomic E-state index is 13.4. The third kappa shape index (κ3) is 4.03. The lowest BCUT2D eigenvalue weighted by Gasteiger charge is -2.39. The number of carbonyl (C=O) groups is 1. The fourth-order valence-corrected chi connectivity index (χ4v) is 5.03. The van der Waals surface area contributed by atoms with Crippen molar-refractivity contribution in [2.24, 2.45) is 0 Å². The van der Waals surface area contributed by atoms with Gasteiger partial charge in [-0.25, -0.2) is 17.5 Å². The first-order valence-electron chi connectivity index (χ1n) is 8.83. The molecule has 1 aliphatic heterocycles. The second kappa shape index (κ2) is 7.03. The number of carbonyl (C=O) groups excluding carboxylic acids is 1. The second-order valence-electron chi connectivity index (χ2n) is 7.28. The Morgan fingerprint density at radius 1 is 1.20 bits per heavy atom. The van der Waals surface area contributed by atoms with Crippen LogP contribution in [0.3, 0.4) is 0 Å². The van der Waals surface area contributed by atoms with Gasteiger partial charge >= 0.3 is 0 Å². The number of benzene rings is 1. The molecule has 7 heteroatoms. The van der Waals surface area contributed by atoms with E-state index in [1.165, 1.54) is 12.1 Å². The van der Waals surface area contributed by atoms with Crippen molar-refractivity contribution in [1.82, 2.24) is 9.62 Å². The van der Waals surface area contributed by atoms with Gasteiger partial charge in [-0.2, -0.15) is 0 Å². The molecule has 5 nitrogen and oxygen atoms in total. The van der Waals surface area contributed by atoms with Crippen molar-refractivity contribution < 1.29 is 17.6 Å². The molecule has 138 valence electrons. The molecule has 1 atom stereocenters. The molecule has 1 saturated heterocycles. The van der Waals surface area contributed by atoms with Crippen LogP contribution in [0, 0.1) is 5.82 Å². The van der Waals surface area contributed by atoms with Crippen LogP contribution in [0.5, 0.6) is 0 Å². The number of hydrogen-bond acceptors (Lipinski definition) is 3. The van der Waals surface area contributed by atoms with Crippen molar-refractivity contribution in [3.8, 4) is 0 Å². The van der Waals surface area contributed by atoms with Gasteiger partial charge in [0.05, 0.1) is 11.7 Å². The highest BCUT2D eigenvalue weighted by Crippen LogP contribution is 2.43. The maximum Gasteiger partial charge on any atom is 0.233 e. The van der Waals surface area contributed by atoms with Gasteiger partial charge in [-0.3, -0.25) is 4.79 Å². The predicted molar refractivity (Wildman–Crippen MR) is 94.1 cm³/mol. The average Bonchev–Trinajstić information content (AvgIpc) is 3.04. The van der Waals surface area contributed by atoms with Crippen LogP contribution in [-0.4, -0.2) is 44.6 Å². The molecule has 3 rings (SSSR count). The van der Waals surface area contributed by atoms with Gasteiger partial charge in [-0.1, -0.05) is 25.0 Å². The predicted octanol–water partition coefficient (Wildman–Crippen LogP) is 2.18. The minimum atomic E-state index is -3.29. The molecule has 1 aromatic rings. The van der Waals surface area contributed by atoms with Crippen LogP contribution in [0.15, 0.2) is 24.3 Å². The monoisotopic (exact) mass is 368 g/mol. The molecule has 0 radical (unpaired) electrons. The summed E-state index contributed by atoms with van der Waals surface area (Å²) < 4.78 is 38.9. The van der Waals surface area contributed by atoms with Crippen LogP contribution >= 0.6 is 0 Å². The smallest absolute Gasteiger partial charge is 0.233 e. The summed E-state index contributed by atoms with van der Waals surface area (Å²) in [7, 11) is -3.29. The van der Waals surface area contributed by atoms with Crippen molar-refractivity contribution in [3.63, 3.8) is 0 Å². The van der Waals surface area contributed by atoms with E-state index in [4.69, 9.17) is 0 Å². The lowest BCUT2D eigenvalue weighted by molar-refractivity contribution is -0.138. The Balaban J connectivity index is 1.82. The topological polar surface area (TPSA) is 66.5 Å². The normalized spacial score (nSPS) is 23.6. The Morgan fingerprint density at radius 2 is 1.84 bits per heavy atom. The molecule has 2 fully saturated rings. The van der Waals surface area contributed by atoms with E-state index >= 15 is 0 Å². The summed E-state index contributed by atoms with van der Waals surface area (Å²) in [5.41, 5.74) is 0.273. The molecule has 25 heavy (non-hydrogen) atoms. The fourth-order valence-electron chi connectivity index (χ4n) is 4.24. The van der Waals surface area contributed by atoms with Gasteiger partial charge < -0.3 is 4.90 Å². The van der Waals surface area contributed by atoms with Gasteiger partial charge in [0, 0.05) is 19.1 Å². The standard InChI is InChI=1S/C18H25FN2O3S/c1-25(23,24)20-16-5-4-12-21(13-16)17(22)18(10-2-3-11-18)14-6-8-15(19)9-7-14/h6-9,16,20H,2-5,10-13H2,1H3/t16-/m0/s1. The number of likely N-dealkylation sites (tertiary alicyclic amines) is 1. The van der Waals surface area contributed by atoms with E-state index in [1.807, 2.05) is 0 Å². The zero-order chi connectivity index (χ0) is 18.1. The average molecular weight is 368 g/mol. The third-order valence-electron chi connectivity index (χ3n) is 5.35. The molecular weight excluding hydrogens is 343 g/mol. The SMILES string of the molecule is CS(=O)(=O)N[C@H]1CCCN(C(=O)C2(c3ccc(F)cc3)CCCC2)C1. The zero-order valence-corrected chi connectivity index (χ0v) is 15.3. The third-order valence-corrected chi connectivity index (χ3v) is 6.11. The summed E-state index contributed by atoms with van der Waals surface area (Å²) in [5.74, 6) is -0.253. The van der Waals surface area contributed by atoms with Crippen molar-refractivity contribution in [2.75, 3.05) is 19.3 Å². The number of nitrogens with one attached hydrogen (secondary N) is 1. The number of piperidine rings is 1. The first-order valence-corrected chi connectivity index (χ1v) is 10.7. The summed E-state index contributed by atoms with van der Waals surface area (Å²) in [6.45, 7) is 1.04. The maximum absolute atomic E-state index is 13.4. The van der Waals surface area contributed by atoms with Crippen LogP contribution in [0.25, 0.3) is 0 Å². The molecule has 2 aliphatic rings. The summed E-state index contributed by atoms with van der Waals surface area (Å²) in [6.07, 6.45) is 6.13. The lowest BCUT2D eigenvalue weighted by Crippen LogP contribution is -2.54. The Morgan fingerprint density at radius 3 is 2.44 bits per heavy atom. The summed E-state index contributed by atoms with van der Waals surface area (Å²) in [6, 6.07) is 6.02. The Bertz CT molecular complexity index is 727. The van der Waals surface area contributed by atoms with E-state index in [0.29, 0.717) is 13.1 Å². The number of rotatable bonds is 4. The molecule has 0 bridgehead atoms. The van der Waals surface area contributed by atoms with Crippen LogP contribution in [0.2, 0.25) is 0 Å². The Hall–Kier alpha value is -1.47. The van der Waals surface area contributed by atoms with Crippen LogP contribution in [-0.2, 0) is 20.2 Å². The highest BCUT2D eigenvalue weighted by molar-refractivity contribution is 7.88. The van der Waals surface area contributed by atoms with Gasteiger partial charge in [0.2, 0.25) is 15.9 Å². The highest BCUT2D eigenvalue weighted by atomic mass is 32.2. The van der Waals surface area contributed by atoms with Gasteiger partial charge in [-0.05, 0) is 43.4 Å². The van der Waals surface area contributed by atoms with Gasteiger partial charge in [0.25, 0.3) is 0 Å². The summed E-state index contributed by atoms with van der Waals surface area (Å²) >= 11 is 0. The molecule has 1 heterocycles.